The number of hydrogen-bond donors (Lipinski definition) is 0. The van der Waals surface area contributed by atoms with Crippen molar-refractivity contribution in [2.75, 3.05) is 0 Å². The van der Waals surface area contributed by atoms with Gasteiger partial charge in [-0.1, -0.05) is 23.2 Å². The Morgan fingerprint density at radius 2 is 2.11 bits per heavy atom. The Kier molecular flexibility index (Phi) is 2.83. The molecule has 0 saturated carbocycles. The molecule has 1 nitrogen and oxygen atoms in total. The number of Topliss-reactive ketones (excluding diaryl/α,β-unsaturated/α-hetero) is 1. The minimum absolute atomic E-state index is 0.821. The zero-order valence-electron chi connectivity index (χ0n) is 4.50. The van der Waals surface area contributed by atoms with Gasteiger partial charge in [0.15, 0.2) is 5.78 Å². The van der Waals surface area contributed by atoms with Crippen molar-refractivity contribution in [1.82, 2.24) is 0 Å². The van der Waals surface area contributed by atoms with Crippen LogP contribution in [0.5, 0.6) is 0 Å². The molecule has 0 aliphatic carbocycles. The van der Waals surface area contributed by atoms with Gasteiger partial charge in [-0.25, -0.2) is 8.78 Å². The van der Waals surface area contributed by atoms with E-state index >= 15 is 0 Å². The van der Waals surface area contributed by atoms with Crippen LogP contribution in [0, 0.1) is 0 Å². The van der Waals surface area contributed by atoms with Crippen molar-refractivity contribution in [2.45, 2.75) is 17.7 Å². The van der Waals surface area contributed by atoms with Gasteiger partial charge in [0.25, 0.3) is 5.13 Å². The number of rotatable bonds is 2. The van der Waals surface area contributed by atoms with Crippen LogP contribution in [0.2, 0.25) is 0 Å². The van der Waals surface area contributed by atoms with Gasteiger partial charge in [-0.3, -0.25) is 4.79 Å². The van der Waals surface area contributed by atoms with Crippen LogP contribution in [0.25, 0.3) is 0 Å². The first-order chi connectivity index (χ1) is 3.89. The molecular weight excluding hydrogens is 173 g/mol. The lowest BCUT2D eigenvalue weighted by Gasteiger charge is -2.12. The second-order valence-corrected chi connectivity index (χ2v) is 2.41. The van der Waals surface area contributed by atoms with E-state index in [4.69, 9.17) is 0 Å². The second-order valence-electron chi connectivity index (χ2n) is 1.48. The maximum Gasteiger partial charge on any atom is 0.285 e. The van der Waals surface area contributed by atoms with Gasteiger partial charge in [0.2, 0.25) is 5.63 Å². The molecule has 0 N–H and O–H groups in total. The molecule has 0 heterocycles. The Hall–Kier alpha value is 0.110. The molecule has 0 aromatic heterocycles. The van der Waals surface area contributed by atoms with E-state index in [-0.39, 0.29) is 0 Å². The lowest BCUT2D eigenvalue weighted by Crippen LogP contribution is -2.32. The SMILES string of the molecule is CC(=O)C(F)(Cl)C(F)Cl. The van der Waals surface area contributed by atoms with Crippen LogP contribution in [0.4, 0.5) is 8.78 Å². The Labute approximate surface area is 60.9 Å². The Morgan fingerprint density at radius 1 is 1.78 bits per heavy atom. The molecule has 0 radical (unpaired) electrons. The van der Waals surface area contributed by atoms with Gasteiger partial charge in [0.1, 0.15) is 0 Å². The maximum absolute atomic E-state index is 12.2. The lowest BCUT2D eigenvalue weighted by molar-refractivity contribution is -0.125. The van der Waals surface area contributed by atoms with Crippen molar-refractivity contribution in [3.05, 3.63) is 0 Å². The summed E-state index contributed by atoms with van der Waals surface area (Å²) in [5, 5.41) is -3.07. The molecule has 0 aliphatic heterocycles. The van der Waals surface area contributed by atoms with Crippen LogP contribution in [-0.2, 0) is 4.79 Å². The van der Waals surface area contributed by atoms with Crippen LogP contribution in [0.15, 0.2) is 0 Å². The summed E-state index contributed by atoms with van der Waals surface area (Å²) in [7, 11) is 0. The molecule has 0 aromatic carbocycles. The molecule has 0 fully saturated rings. The van der Waals surface area contributed by atoms with Gasteiger partial charge in [0.05, 0.1) is 0 Å². The monoisotopic (exact) mass is 176 g/mol. The van der Waals surface area contributed by atoms with Crippen LogP contribution in [0.1, 0.15) is 6.92 Å². The highest BCUT2D eigenvalue weighted by Gasteiger charge is 2.41. The molecule has 2 atom stereocenters. The third-order valence-electron chi connectivity index (χ3n) is 0.743. The summed E-state index contributed by atoms with van der Waals surface area (Å²) < 4.78 is 24.0. The van der Waals surface area contributed by atoms with Crippen LogP contribution in [0.3, 0.4) is 0 Å². The van der Waals surface area contributed by atoms with Gasteiger partial charge in [-0.05, 0) is 6.92 Å². The van der Waals surface area contributed by atoms with Crippen molar-refractivity contribution in [2.24, 2.45) is 0 Å². The standard InChI is InChI=1S/C4H4Cl2F2O/c1-2(9)4(6,8)3(5)7/h3H,1H3. The molecule has 9 heavy (non-hydrogen) atoms. The topological polar surface area (TPSA) is 17.1 Å². The van der Waals surface area contributed by atoms with Gasteiger partial charge >= 0.3 is 0 Å². The molecule has 2 unspecified atom stereocenters. The average Bonchev–Trinajstić information content (AvgIpc) is 1.65. The first-order valence-electron chi connectivity index (χ1n) is 2.06. The molecule has 54 valence electrons. The van der Waals surface area contributed by atoms with E-state index < -0.39 is 16.5 Å². The molecule has 0 aliphatic rings. The summed E-state index contributed by atoms with van der Waals surface area (Å²) in [4.78, 5) is 10.1. The smallest absolute Gasteiger partial charge is 0.285 e. The van der Waals surface area contributed by atoms with Crippen LogP contribution >= 0.6 is 23.2 Å². The first-order valence-corrected chi connectivity index (χ1v) is 2.87. The molecule has 0 saturated heterocycles. The molecule has 0 amide bonds. The summed E-state index contributed by atoms with van der Waals surface area (Å²) in [5.41, 5.74) is -2.49. The summed E-state index contributed by atoms with van der Waals surface area (Å²) in [6.45, 7) is 0.821. The quantitative estimate of drug-likeness (QED) is 0.589. The van der Waals surface area contributed by atoms with Crippen molar-refractivity contribution in [1.29, 1.82) is 0 Å². The van der Waals surface area contributed by atoms with E-state index in [1.54, 1.807) is 0 Å². The fourth-order valence-corrected chi connectivity index (χ4v) is 0.307. The number of hydrogen-bond acceptors (Lipinski definition) is 1. The number of carbonyl (C=O) groups is 1. The van der Waals surface area contributed by atoms with Crippen LogP contribution in [-0.4, -0.2) is 16.5 Å². The Morgan fingerprint density at radius 3 is 2.11 bits per heavy atom. The zero-order chi connectivity index (χ0) is 7.65. The van der Waals surface area contributed by atoms with Crippen molar-refractivity contribution in [3.8, 4) is 0 Å². The highest BCUT2D eigenvalue weighted by atomic mass is 35.5. The third kappa shape index (κ3) is 2.06. The third-order valence-corrected chi connectivity index (χ3v) is 1.61. The highest BCUT2D eigenvalue weighted by Crippen LogP contribution is 2.27. The molecule has 0 aromatic rings. The number of carbonyl (C=O) groups excluding carboxylic acids is 1. The molecule has 0 bridgehead atoms. The molecular formula is C4H4Cl2F2O. The van der Waals surface area contributed by atoms with E-state index in [0.29, 0.717) is 0 Å². The normalized spacial score (nSPS) is 20.6. The number of halogens is 4. The van der Waals surface area contributed by atoms with Crippen molar-refractivity contribution >= 4 is 29.0 Å². The fourth-order valence-electron chi connectivity index (χ4n) is 0.154. The largest absolute Gasteiger partial charge is 0.295 e. The number of ketones is 1. The molecule has 0 rings (SSSR count). The summed E-state index contributed by atoms with van der Waals surface area (Å²) >= 11 is 9.25. The van der Waals surface area contributed by atoms with Crippen LogP contribution < -0.4 is 0 Å². The van der Waals surface area contributed by atoms with E-state index in [1.807, 2.05) is 0 Å². The Bertz CT molecular complexity index is 124. The summed E-state index contributed by atoms with van der Waals surface area (Å²) in [5.74, 6) is -1.13. The van der Waals surface area contributed by atoms with E-state index in [2.05, 4.69) is 23.2 Å². The average molecular weight is 177 g/mol. The molecule has 5 heteroatoms. The van der Waals surface area contributed by atoms with Gasteiger partial charge in [0, 0.05) is 0 Å². The zero-order valence-corrected chi connectivity index (χ0v) is 6.01. The maximum atomic E-state index is 12.2. The first kappa shape index (κ1) is 9.11. The highest BCUT2D eigenvalue weighted by molar-refractivity contribution is 6.39. The van der Waals surface area contributed by atoms with Crippen molar-refractivity contribution in [3.63, 3.8) is 0 Å². The van der Waals surface area contributed by atoms with Gasteiger partial charge in [-0.15, -0.1) is 0 Å². The van der Waals surface area contributed by atoms with Crippen molar-refractivity contribution < 1.29 is 13.6 Å². The summed E-state index contributed by atoms with van der Waals surface area (Å²) in [6, 6.07) is 0. The fraction of sp³-hybridized carbons (Fsp3) is 0.750. The Balaban J connectivity index is 4.19. The second kappa shape index (κ2) is 2.80. The lowest BCUT2D eigenvalue weighted by atomic mass is 10.3. The minimum atomic E-state index is -3.07. The predicted molar refractivity (Wildman–Crippen MR) is 31.1 cm³/mol. The minimum Gasteiger partial charge on any atom is -0.295 e. The predicted octanol–water partition coefficient (Wildman–Crippen LogP) is 2.01. The number of alkyl halides is 4. The van der Waals surface area contributed by atoms with E-state index in [1.165, 1.54) is 0 Å². The molecule has 0 spiro atoms. The van der Waals surface area contributed by atoms with Gasteiger partial charge < -0.3 is 0 Å². The van der Waals surface area contributed by atoms with Gasteiger partial charge in [-0.2, -0.15) is 0 Å². The van der Waals surface area contributed by atoms with E-state index in [0.717, 1.165) is 6.92 Å². The van der Waals surface area contributed by atoms with E-state index in [9.17, 15) is 13.6 Å². The summed E-state index contributed by atoms with van der Waals surface area (Å²) in [6.07, 6.45) is 0.